The molecule has 2 fully saturated rings. The third-order valence-corrected chi connectivity index (χ3v) is 5.26. The van der Waals surface area contributed by atoms with E-state index in [0.29, 0.717) is 17.7 Å². The number of carbonyl (C=O) groups excluding carboxylic acids is 1. The molecule has 0 aliphatic carbocycles. The van der Waals surface area contributed by atoms with Crippen molar-refractivity contribution < 1.29 is 4.79 Å². The maximum absolute atomic E-state index is 12.6. The molecular weight excluding hydrogens is 272 g/mol. The molecule has 1 amide bonds. The van der Waals surface area contributed by atoms with Gasteiger partial charge in [0, 0.05) is 36.9 Å². The molecule has 0 radical (unpaired) electrons. The normalized spacial score (nSPS) is 26.7. The van der Waals surface area contributed by atoms with Crippen molar-refractivity contribution in [1.29, 1.82) is 0 Å². The number of hydrogen-bond donors (Lipinski definition) is 1. The van der Waals surface area contributed by atoms with E-state index in [-0.39, 0.29) is 5.91 Å². The van der Waals surface area contributed by atoms with Crippen LogP contribution in [0.2, 0.25) is 0 Å². The predicted molar refractivity (Wildman–Crippen MR) is 78.1 cm³/mol. The van der Waals surface area contributed by atoms with Crippen molar-refractivity contribution in [2.75, 3.05) is 19.6 Å². The topological polar surface area (TPSA) is 49.6 Å². The second-order valence-electron chi connectivity index (χ2n) is 5.72. The Kier molecular flexibility index (Phi) is 3.00. The van der Waals surface area contributed by atoms with Crippen LogP contribution < -0.4 is 5.32 Å². The zero-order chi connectivity index (χ0) is 13.5. The van der Waals surface area contributed by atoms with Crippen LogP contribution in [0.25, 0.3) is 4.96 Å². The summed E-state index contributed by atoms with van der Waals surface area (Å²) in [5.74, 6) is 0.704. The molecule has 2 aliphatic heterocycles. The van der Waals surface area contributed by atoms with E-state index in [2.05, 4.69) is 10.3 Å². The lowest BCUT2D eigenvalue weighted by atomic mass is 9.85. The molecule has 0 saturated carbocycles. The maximum atomic E-state index is 12.6. The molecular formula is C14H18N4OS. The molecule has 2 aliphatic rings. The first-order valence-corrected chi connectivity index (χ1v) is 8.14. The second-order valence-corrected chi connectivity index (χ2v) is 6.59. The molecule has 4 rings (SSSR count). The van der Waals surface area contributed by atoms with Gasteiger partial charge in [-0.25, -0.2) is 4.98 Å². The summed E-state index contributed by atoms with van der Waals surface area (Å²) >= 11 is 1.56. The van der Waals surface area contributed by atoms with Crippen LogP contribution in [0.4, 0.5) is 0 Å². The minimum atomic E-state index is 0.0879. The Labute approximate surface area is 121 Å². The van der Waals surface area contributed by atoms with Crippen LogP contribution in [-0.4, -0.2) is 45.9 Å². The SMILES string of the molecule is O=C(c1cn2ccsc2n1)N1CC[C@@H]2NCCC[C@@H]2C1. The molecule has 2 aromatic rings. The van der Waals surface area contributed by atoms with E-state index in [1.54, 1.807) is 11.3 Å². The standard InChI is InChI=1S/C14H18N4OS/c19-13(12-9-18-6-7-20-14(18)16-12)17-5-3-11-10(8-17)2-1-4-15-11/h6-7,9-11,15H,1-5,8H2/t10-,11+/m1/s1. The summed E-state index contributed by atoms with van der Waals surface area (Å²) in [6, 6.07) is 0.610. The van der Waals surface area contributed by atoms with Gasteiger partial charge in [0.15, 0.2) is 4.96 Å². The highest BCUT2D eigenvalue weighted by Crippen LogP contribution is 2.26. The molecule has 2 saturated heterocycles. The monoisotopic (exact) mass is 290 g/mol. The van der Waals surface area contributed by atoms with Crippen LogP contribution >= 0.6 is 11.3 Å². The Hall–Kier alpha value is -1.40. The van der Waals surface area contributed by atoms with Crippen molar-refractivity contribution in [1.82, 2.24) is 19.6 Å². The van der Waals surface area contributed by atoms with Crippen LogP contribution in [0.3, 0.4) is 0 Å². The summed E-state index contributed by atoms with van der Waals surface area (Å²) in [5, 5.41) is 5.56. The van der Waals surface area contributed by atoms with Gasteiger partial charge >= 0.3 is 0 Å². The average Bonchev–Trinajstić information content (AvgIpc) is 3.07. The Morgan fingerprint density at radius 2 is 2.40 bits per heavy atom. The molecule has 20 heavy (non-hydrogen) atoms. The van der Waals surface area contributed by atoms with Gasteiger partial charge in [0.05, 0.1) is 0 Å². The number of thiazole rings is 1. The predicted octanol–water partition coefficient (Wildman–Crippen LogP) is 1.61. The number of rotatable bonds is 1. The summed E-state index contributed by atoms with van der Waals surface area (Å²) < 4.78 is 1.92. The highest BCUT2D eigenvalue weighted by molar-refractivity contribution is 7.15. The van der Waals surface area contributed by atoms with Crippen LogP contribution in [0.5, 0.6) is 0 Å². The van der Waals surface area contributed by atoms with Gasteiger partial charge in [-0.2, -0.15) is 0 Å². The van der Waals surface area contributed by atoms with Crippen LogP contribution in [-0.2, 0) is 0 Å². The largest absolute Gasteiger partial charge is 0.337 e. The van der Waals surface area contributed by atoms with E-state index in [0.717, 1.165) is 31.0 Å². The van der Waals surface area contributed by atoms with E-state index in [1.165, 1.54) is 12.8 Å². The summed E-state index contributed by atoms with van der Waals surface area (Å²) in [7, 11) is 0. The summed E-state index contributed by atoms with van der Waals surface area (Å²) in [6.07, 6.45) is 7.32. The van der Waals surface area contributed by atoms with E-state index in [1.807, 2.05) is 27.1 Å². The minimum Gasteiger partial charge on any atom is -0.337 e. The number of nitrogens with zero attached hydrogens (tertiary/aromatic N) is 3. The molecule has 5 nitrogen and oxygen atoms in total. The van der Waals surface area contributed by atoms with Gasteiger partial charge in [-0.05, 0) is 31.7 Å². The second kappa shape index (κ2) is 4.86. The van der Waals surface area contributed by atoms with Gasteiger partial charge in [0.1, 0.15) is 5.69 Å². The zero-order valence-electron chi connectivity index (χ0n) is 11.3. The first kappa shape index (κ1) is 12.3. The fraction of sp³-hybridized carbons (Fsp3) is 0.571. The first-order chi connectivity index (χ1) is 9.81. The Balaban J connectivity index is 1.52. The van der Waals surface area contributed by atoms with E-state index >= 15 is 0 Å². The maximum Gasteiger partial charge on any atom is 0.274 e. The molecule has 106 valence electrons. The van der Waals surface area contributed by atoms with Crippen molar-refractivity contribution in [3.05, 3.63) is 23.5 Å². The van der Waals surface area contributed by atoms with Gasteiger partial charge in [0.25, 0.3) is 5.91 Å². The van der Waals surface area contributed by atoms with Crippen molar-refractivity contribution >= 4 is 22.2 Å². The number of carbonyl (C=O) groups is 1. The van der Waals surface area contributed by atoms with E-state index in [9.17, 15) is 4.79 Å². The van der Waals surface area contributed by atoms with Crippen molar-refractivity contribution in [3.63, 3.8) is 0 Å². The molecule has 2 atom stereocenters. The Bertz CT molecular complexity index is 605. The molecule has 6 heteroatoms. The molecule has 0 aromatic carbocycles. The van der Waals surface area contributed by atoms with Crippen molar-refractivity contribution in [2.24, 2.45) is 5.92 Å². The number of likely N-dealkylation sites (tertiary alicyclic amines) is 1. The molecule has 0 spiro atoms. The zero-order valence-corrected chi connectivity index (χ0v) is 12.1. The van der Waals surface area contributed by atoms with Gasteiger partial charge in [0.2, 0.25) is 0 Å². The average molecular weight is 290 g/mol. The van der Waals surface area contributed by atoms with Gasteiger partial charge in [-0.3, -0.25) is 9.20 Å². The first-order valence-electron chi connectivity index (χ1n) is 7.26. The van der Waals surface area contributed by atoms with Gasteiger partial charge in [-0.1, -0.05) is 0 Å². The van der Waals surface area contributed by atoms with E-state index < -0.39 is 0 Å². The highest BCUT2D eigenvalue weighted by atomic mass is 32.1. The lowest BCUT2D eigenvalue weighted by molar-refractivity contribution is 0.0588. The molecule has 1 N–H and O–H groups in total. The number of hydrogen-bond acceptors (Lipinski definition) is 4. The number of amides is 1. The summed E-state index contributed by atoms with van der Waals surface area (Å²) in [4.78, 5) is 19.9. The third-order valence-electron chi connectivity index (χ3n) is 4.49. The van der Waals surface area contributed by atoms with Crippen LogP contribution in [0.15, 0.2) is 17.8 Å². The highest BCUT2D eigenvalue weighted by Gasteiger charge is 2.33. The molecule has 0 unspecified atom stereocenters. The Morgan fingerprint density at radius 1 is 1.45 bits per heavy atom. The fourth-order valence-electron chi connectivity index (χ4n) is 3.42. The molecule has 4 heterocycles. The summed E-state index contributed by atoms with van der Waals surface area (Å²) in [6.45, 7) is 2.85. The van der Waals surface area contributed by atoms with E-state index in [4.69, 9.17) is 0 Å². The number of imidazole rings is 1. The quantitative estimate of drug-likeness (QED) is 0.868. The number of fused-ring (bicyclic) bond motifs is 2. The van der Waals surface area contributed by atoms with Gasteiger partial charge in [-0.15, -0.1) is 11.3 Å². The molecule has 2 aromatic heterocycles. The van der Waals surface area contributed by atoms with Crippen LogP contribution in [0.1, 0.15) is 29.8 Å². The minimum absolute atomic E-state index is 0.0879. The third kappa shape index (κ3) is 2.03. The number of aromatic nitrogens is 2. The summed E-state index contributed by atoms with van der Waals surface area (Å²) in [5.41, 5.74) is 0.582. The fourth-order valence-corrected chi connectivity index (χ4v) is 4.12. The van der Waals surface area contributed by atoms with Crippen molar-refractivity contribution in [3.8, 4) is 0 Å². The lowest BCUT2D eigenvalue weighted by Gasteiger charge is -2.41. The number of piperidine rings is 2. The van der Waals surface area contributed by atoms with Crippen molar-refractivity contribution in [2.45, 2.75) is 25.3 Å². The number of nitrogens with one attached hydrogen (secondary N) is 1. The smallest absolute Gasteiger partial charge is 0.274 e. The lowest BCUT2D eigenvalue weighted by Crippen LogP contribution is -2.53. The van der Waals surface area contributed by atoms with Crippen LogP contribution in [0, 0.1) is 5.92 Å². The van der Waals surface area contributed by atoms with Gasteiger partial charge < -0.3 is 10.2 Å². The Morgan fingerprint density at radius 3 is 3.30 bits per heavy atom. The molecule has 0 bridgehead atoms.